The lowest BCUT2D eigenvalue weighted by atomic mass is 9.92. The van der Waals surface area contributed by atoms with Gasteiger partial charge in [0.25, 0.3) is 0 Å². The average Bonchev–Trinajstić information content (AvgIpc) is 2.69. The van der Waals surface area contributed by atoms with E-state index in [4.69, 9.17) is 4.84 Å². The highest BCUT2D eigenvalue weighted by Crippen LogP contribution is 2.26. The van der Waals surface area contributed by atoms with E-state index >= 15 is 0 Å². The summed E-state index contributed by atoms with van der Waals surface area (Å²) >= 11 is 0. The molecule has 0 aliphatic carbocycles. The lowest BCUT2D eigenvalue weighted by molar-refractivity contribution is -0.101. The molecule has 3 heteroatoms. The zero-order valence-electron chi connectivity index (χ0n) is 9.47. The highest BCUT2D eigenvalue weighted by molar-refractivity contribution is 6.02. The molecule has 1 aromatic carbocycles. The van der Waals surface area contributed by atoms with Crippen molar-refractivity contribution in [2.45, 2.75) is 32.5 Å². The Kier molecular flexibility index (Phi) is 3.57. The van der Waals surface area contributed by atoms with Crippen molar-refractivity contribution in [3.8, 4) is 0 Å². The molecule has 16 heavy (non-hydrogen) atoms. The van der Waals surface area contributed by atoms with Crippen molar-refractivity contribution < 1.29 is 9.94 Å². The molecule has 1 aliphatic rings. The van der Waals surface area contributed by atoms with Crippen molar-refractivity contribution in [2.75, 3.05) is 0 Å². The van der Waals surface area contributed by atoms with Crippen molar-refractivity contribution in [1.82, 2.24) is 0 Å². The molecule has 1 heterocycles. The number of aliphatic hydroxyl groups is 1. The first kappa shape index (κ1) is 11.1. The van der Waals surface area contributed by atoms with Crippen LogP contribution in [0.1, 0.15) is 31.7 Å². The van der Waals surface area contributed by atoms with E-state index in [0.717, 1.165) is 30.5 Å². The van der Waals surface area contributed by atoms with E-state index in [1.807, 2.05) is 30.3 Å². The topological polar surface area (TPSA) is 41.8 Å². The molecule has 0 unspecified atom stereocenters. The third-order valence-corrected chi connectivity index (χ3v) is 2.89. The van der Waals surface area contributed by atoms with Gasteiger partial charge < -0.3 is 9.94 Å². The number of hydrogen-bond donors (Lipinski definition) is 1. The molecule has 0 amide bonds. The molecule has 0 aromatic heterocycles. The zero-order valence-corrected chi connectivity index (χ0v) is 9.47. The van der Waals surface area contributed by atoms with Crippen LogP contribution in [0.15, 0.2) is 35.5 Å². The van der Waals surface area contributed by atoms with E-state index in [-0.39, 0.29) is 5.92 Å². The van der Waals surface area contributed by atoms with Gasteiger partial charge in [-0.2, -0.15) is 0 Å². The Morgan fingerprint density at radius 3 is 2.75 bits per heavy atom. The summed E-state index contributed by atoms with van der Waals surface area (Å²) < 4.78 is 0. The fourth-order valence-corrected chi connectivity index (χ4v) is 1.97. The van der Waals surface area contributed by atoms with E-state index in [1.54, 1.807) is 0 Å². The highest BCUT2D eigenvalue weighted by Gasteiger charge is 2.32. The van der Waals surface area contributed by atoms with Gasteiger partial charge in [-0.25, -0.2) is 0 Å². The summed E-state index contributed by atoms with van der Waals surface area (Å²) in [5.74, 6) is 0.0161. The normalized spacial score (nSPS) is 24.0. The van der Waals surface area contributed by atoms with E-state index < -0.39 is 6.29 Å². The quantitative estimate of drug-likeness (QED) is 0.845. The van der Waals surface area contributed by atoms with Crippen molar-refractivity contribution in [1.29, 1.82) is 0 Å². The maximum Gasteiger partial charge on any atom is 0.232 e. The third-order valence-electron chi connectivity index (χ3n) is 2.89. The van der Waals surface area contributed by atoms with Crippen LogP contribution in [-0.2, 0) is 4.84 Å². The van der Waals surface area contributed by atoms with E-state index in [1.165, 1.54) is 0 Å². The summed E-state index contributed by atoms with van der Waals surface area (Å²) in [6.45, 7) is 2.14. The van der Waals surface area contributed by atoms with Gasteiger partial charge in [0.15, 0.2) is 0 Å². The van der Waals surface area contributed by atoms with Gasteiger partial charge >= 0.3 is 0 Å². The van der Waals surface area contributed by atoms with Crippen LogP contribution in [0, 0.1) is 5.92 Å². The molecule has 1 aliphatic heterocycles. The van der Waals surface area contributed by atoms with Crippen molar-refractivity contribution in [2.24, 2.45) is 11.1 Å². The molecule has 0 fully saturated rings. The predicted molar refractivity (Wildman–Crippen MR) is 63.1 cm³/mol. The van der Waals surface area contributed by atoms with Crippen LogP contribution in [0.3, 0.4) is 0 Å². The number of rotatable bonds is 4. The Labute approximate surface area is 95.7 Å². The van der Waals surface area contributed by atoms with Gasteiger partial charge in [-0.05, 0) is 12.0 Å². The molecule has 1 aromatic rings. The molecule has 0 saturated heterocycles. The van der Waals surface area contributed by atoms with Crippen molar-refractivity contribution in [3.05, 3.63) is 35.9 Å². The Hall–Kier alpha value is -1.35. The van der Waals surface area contributed by atoms with Crippen LogP contribution in [-0.4, -0.2) is 17.1 Å². The Balaban J connectivity index is 2.14. The summed E-state index contributed by atoms with van der Waals surface area (Å²) in [7, 11) is 0. The molecule has 0 radical (unpaired) electrons. The van der Waals surface area contributed by atoms with Crippen LogP contribution < -0.4 is 0 Å². The minimum absolute atomic E-state index is 0.0161. The van der Waals surface area contributed by atoms with Gasteiger partial charge in [0, 0.05) is 0 Å². The molecular formula is C13H17NO2. The minimum atomic E-state index is -0.776. The van der Waals surface area contributed by atoms with Gasteiger partial charge in [-0.15, -0.1) is 0 Å². The lowest BCUT2D eigenvalue weighted by Gasteiger charge is -2.13. The molecule has 0 saturated carbocycles. The third kappa shape index (κ3) is 2.25. The molecule has 1 N–H and O–H groups in total. The van der Waals surface area contributed by atoms with Gasteiger partial charge in [0.05, 0.1) is 11.6 Å². The summed E-state index contributed by atoms with van der Waals surface area (Å²) in [6.07, 6.45) is 2.34. The minimum Gasteiger partial charge on any atom is -0.363 e. The second kappa shape index (κ2) is 5.12. The summed E-state index contributed by atoms with van der Waals surface area (Å²) in [6, 6.07) is 9.91. The van der Waals surface area contributed by atoms with Gasteiger partial charge in [0.2, 0.25) is 6.29 Å². The first-order valence-electron chi connectivity index (χ1n) is 5.80. The Bertz CT molecular complexity index is 361. The predicted octanol–water partition coefficient (Wildman–Crippen LogP) is 2.55. The number of oxime groups is 1. The zero-order chi connectivity index (χ0) is 11.4. The fourth-order valence-electron chi connectivity index (χ4n) is 1.97. The van der Waals surface area contributed by atoms with Gasteiger partial charge in [-0.1, -0.05) is 55.3 Å². The highest BCUT2D eigenvalue weighted by atomic mass is 16.7. The van der Waals surface area contributed by atoms with Crippen molar-refractivity contribution >= 4 is 5.71 Å². The largest absolute Gasteiger partial charge is 0.363 e. The monoisotopic (exact) mass is 219 g/mol. The maximum absolute atomic E-state index is 9.71. The number of benzene rings is 1. The lowest BCUT2D eigenvalue weighted by Crippen LogP contribution is -2.23. The molecule has 2 rings (SSSR count). The SMILES string of the molecule is CCCC[C@@H]1C(c2ccccc2)=NO[C@H]1O. The van der Waals surface area contributed by atoms with Crippen LogP contribution in [0.4, 0.5) is 0 Å². The number of hydrogen-bond acceptors (Lipinski definition) is 3. The standard InChI is InChI=1S/C13H17NO2/c1-2-3-9-11-12(14-16-13(11)15)10-7-5-4-6-8-10/h4-8,11,13,15H,2-3,9H2,1H3/t11-,13-/m1/s1. The Morgan fingerprint density at radius 2 is 2.06 bits per heavy atom. The average molecular weight is 219 g/mol. The summed E-state index contributed by atoms with van der Waals surface area (Å²) in [5, 5.41) is 13.7. The molecule has 3 nitrogen and oxygen atoms in total. The number of nitrogens with zero attached hydrogens (tertiary/aromatic N) is 1. The van der Waals surface area contributed by atoms with Gasteiger partial charge in [-0.3, -0.25) is 0 Å². The summed E-state index contributed by atoms with van der Waals surface area (Å²) in [4.78, 5) is 4.97. The molecule has 0 spiro atoms. The van der Waals surface area contributed by atoms with E-state index in [9.17, 15) is 5.11 Å². The Morgan fingerprint density at radius 1 is 1.31 bits per heavy atom. The van der Waals surface area contributed by atoms with Crippen LogP contribution in [0.25, 0.3) is 0 Å². The maximum atomic E-state index is 9.71. The first-order valence-corrected chi connectivity index (χ1v) is 5.80. The summed E-state index contributed by atoms with van der Waals surface area (Å²) in [5.41, 5.74) is 1.92. The van der Waals surface area contributed by atoms with Crippen molar-refractivity contribution in [3.63, 3.8) is 0 Å². The van der Waals surface area contributed by atoms with E-state index in [2.05, 4.69) is 12.1 Å². The second-order valence-electron chi connectivity index (χ2n) is 4.09. The molecule has 86 valence electrons. The van der Waals surface area contributed by atoms with Crippen LogP contribution in [0.5, 0.6) is 0 Å². The molecule has 0 bridgehead atoms. The molecule has 2 atom stereocenters. The second-order valence-corrected chi connectivity index (χ2v) is 4.09. The van der Waals surface area contributed by atoms with Crippen LogP contribution >= 0.6 is 0 Å². The first-order chi connectivity index (χ1) is 7.83. The number of aliphatic hydroxyl groups excluding tert-OH is 1. The number of unbranched alkanes of at least 4 members (excludes halogenated alkanes) is 1. The van der Waals surface area contributed by atoms with E-state index in [0.29, 0.717) is 0 Å². The molecular weight excluding hydrogens is 202 g/mol. The smallest absolute Gasteiger partial charge is 0.232 e. The van der Waals surface area contributed by atoms with Crippen LogP contribution in [0.2, 0.25) is 0 Å². The fraction of sp³-hybridized carbons (Fsp3) is 0.462. The van der Waals surface area contributed by atoms with Gasteiger partial charge in [0.1, 0.15) is 0 Å².